The maximum Gasteiger partial charge on any atom is 0.306 e. The fourth-order valence-corrected chi connectivity index (χ4v) is 4.75. The molecular weight excluding hydrogens is 400 g/mol. The Morgan fingerprint density at radius 1 is 1.07 bits per heavy atom. The van der Waals surface area contributed by atoms with Crippen molar-refractivity contribution >= 4 is 34.1 Å². The van der Waals surface area contributed by atoms with E-state index in [1.165, 1.54) is 11.3 Å². The molecule has 0 bridgehead atoms. The van der Waals surface area contributed by atoms with Crippen molar-refractivity contribution < 1.29 is 19.5 Å². The summed E-state index contributed by atoms with van der Waals surface area (Å²) in [5.41, 5.74) is 1.65. The molecule has 1 heterocycles. The van der Waals surface area contributed by atoms with Gasteiger partial charge in [0.2, 0.25) is 5.91 Å². The first-order chi connectivity index (χ1) is 14.5. The molecule has 0 atom stereocenters. The van der Waals surface area contributed by atoms with Crippen LogP contribution in [0.25, 0.3) is 0 Å². The van der Waals surface area contributed by atoms with Crippen LogP contribution in [0, 0.1) is 11.8 Å². The minimum Gasteiger partial charge on any atom is -0.481 e. The lowest BCUT2D eigenvalue weighted by molar-refractivity contribution is -0.143. The van der Waals surface area contributed by atoms with Crippen LogP contribution in [0.2, 0.25) is 0 Å². The van der Waals surface area contributed by atoms with Crippen molar-refractivity contribution in [3.8, 4) is 0 Å². The lowest BCUT2D eigenvalue weighted by Gasteiger charge is -2.25. The van der Waals surface area contributed by atoms with E-state index in [2.05, 4.69) is 10.6 Å². The van der Waals surface area contributed by atoms with Gasteiger partial charge in [0.25, 0.3) is 5.91 Å². The Kier molecular flexibility index (Phi) is 7.63. The molecule has 0 aliphatic heterocycles. The summed E-state index contributed by atoms with van der Waals surface area (Å²) in [5, 5.41) is 15.6. The van der Waals surface area contributed by atoms with Crippen LogP contribution in [0.3, 0.4) is 0 Å². The quantitative estimate of drug-likeness (QED) is 0.590. The van der Waals surface area contributed by atoms with E-state index in [1.54, 1.807) is 0 Å². The lowest BCUT2D eigenvalue weighted by Crippen LogP contribution is -2.30. The Morgan fingerprint density at radius 2 is 1.73 bits per heavy atom. The van der Waals surface area contributed by atoms with Crippen LogP contribution >= 0.6 is 11.3 Å². The number of anilines is 1. The molecule has 30 heavy (non-hydrogen) atoms. The lowest BCUT2D eigenvalue weighted by atomic mass is 9.81. The van der Waals surface area contributed by atoms with Crippen molar-refractivity contribution in [2.24, 2.45) is 11.8 Å². The van der Waals surface area contributed by atoms with Gasteiger partial charge in [0, 0.05) is 17.3 Å². The Labute approximate surface area is 180 Å². The highest BCUT2D eigenvalue weighted by Gasteiger charge is 2.30. The third-order valence-corrected chi connectivity index (χ3v) is 6.80. The van der Waals surface area contributed by atoms with E-state index in [9.17, 15) is 14.4 Å². The number of carbonyl (C=O) groups is 3. The first-order valence-corrected chi connectivity index (χ1v) is 11.3. The van der Waals surface area contributed by atoms with Gasteiger partial charge in [-0.15, -0.1) is 11.3 Å². The second-order valence-corrected chi connectivity index (χ2v) is 8.81. The first-order valence-electron chi connectivity index (χ1n) is 10.5. The van der Waals surface area contributed by atoms with E-state index in [1.807, 2.05) is 43.3 Å². The molecule has 1 saturated carbocycles. The number of nitrogens with one attached hydrogen (secondary N) is 2. The Balaban J connectivity index is 1.59. The van der Waals surface area contributed by atoms with E-state index < -0.39 is 5.97 Å². The van der Waals surface area contributed by atoms with Gasteiger partial charge in [-0.05, 0) is 50.2 Å². The van der Waals surface area contributed by atoms with Gasteiger partial charge in [-0.25, -0.2) is 0 Å². The average Bonchev–Trinajstić information content (AvgIpc) is 3.17. The monoisotopic (exact) mass is 428 g/mol. The minimum atomic E-state index is -0.783. The van der Waals surface area contributed by atoms with E-state index >= 15 is 0 Å². The second kappa shape index (κ2) is 10.4. The number of rotatable bonds is 8. The molecule has 6 nitrogen and oxygen atoms in total. The predicted molar refractivity (Wildman–Crippen MR) is 118 cm³/mol. The van der Waals surface area contributed by atoms with Crippen LogP contribution in [-0.4, -0.2) is 29.4 Å². The summed E-state index contributed by atoms with van der Waals surface area (Å²) in [5.74, 6) is -1.65. The standard InChI is InChI=1S/C23H28N2O4S/c1-2-18-14-19(21(27)24-13-12-15-6-4-3-5-7-15)22(30-18)25-20(26)16-8-10-17(11-9-16)23(28)29/h3-7,14,16-17H,2,8-13H2,1H3,(H,24,27)(H,25,26)(H,28,29). The van der Waals surface area contributed by atoms with Gasteiger partial charge in [-0.1, -0.05) is 37.3 Å². The molecule has 160 valence electrons. The molecule has 1 aromatic carbocycles. The molecule has 0 radical (unpaired) electrons. The van der Waals surface area contributed by atoms with E-state index in [4.69, 9.17) is 5.11 Å². The number of benzene rings is 1. The van der Waals surface area contributed by atoms with Crippen molar-refractivity contribution in [1.29, 1.82) is 0 Å². The maximum absolute atomic E-state index is 12.7. The summed E-state index contributed by atoms with van der Waals surface area (Å²) in [6.07, 6.45) is 3.69. The highest BCUT2D eigenvalue weighted by molar-refractivity contribution is 7.16. The van der Waals surface area contributed by atoms with Gasteiger partial charge in [0.05, 0.1) is 11.5 Å². The molecule has 1 fully saturated rings. The molecule has 7 heteroatoms. The number of carboxylic acids is 1. The molecule has 1 aliphatic rings. The number of carboxylic acid groups (broad SMARTS) is 1. The van der Waals surface area contributed by atoms with E-state index in [0.29, 0.717) is 42.8 Å². The summed E-state index contributed by atoms with van der Waals surface area (Å²) in [4.78, 5) is 37.6. The summed E-state index contributed by atoms with van der Waals surface area (Å²) >= 11 is 1.43. The van der Waals surface area contributed by atoms with Gasteiger partial charge in [-0.3, -0.25) is 14.4 Å². The number of aryl methyl sites for hydroxylation is 1. The van der Waals surface area contributed by atoms with Crippen LogP contribution in [0.1, 0.15) is 53.4 Å². The molecule has 2 aromatic rings. The van der Waals surface area contributed by atoms with Gasteiger partial charge < -0.3 is 15.7 Å². The molecule has 0 unspecified atom stereocenters. The molecule has 0 spiro atoms. The normalized spacial score (nSPS) is 18.6. The zero-order valence-electron chi connectivity index (χ0n) is 17.1. The SMILES string of the molecule is CCc1cc(C(=O)NCCc2ccccc2)c(NC(=O)C2CCC(C(=O)O)CC2)s1. The summed E-state index contributed by atoms with van der Waals surface area (Å²) in [6.45, 7) is 2.54. The molecule has 1 aliphatic carbocycles. The van der Waals surface area contributed by atoms with Crippen LogP contribution in [0.5, 0.6) is 0 Å². The van der Waals surface area contributed by atoms with Crippen LogP contribution in [-0.2, 0) is 22.4 Å². The highest BCUT2D eigenvalue weighted by atomic mass is 32.1. The van der Waals surface area contributed by atoms with Crippen molar-refractivity contribution in [1.82, 2.24) is 5.32 Å². The highest BCUT2D eigenvalue weighted by Crippen LogP contribution is 2.33. The zero-order valence-corrected chi connectivity index (χ0v) is 18.0. The van der Waals surface area contributed by atoms with Crippen molar-refractivity contribution in [2.75, 3.05) is 11.9 Å². The largest absolute Gasteiger partial charge is 0.481 e. The third-order valence-electron chi connectivity index (χ3n) is 5.60. The fraction of sp³-hybridized carbons (Fsp3) is 0.435. The van der Waals surface area contributed by atoms with Crippen LogP contribution < -0.4 is 10.6 Å². The van der Waals surface area contributed by atoms with Crippen LogP contribution in [0.4, 0.5) is 5.00 Å². The third kappa shape index (κ3) is 5.69. The van der Waals surface area contributed by atoms with Crippen molar-refractivity contribution in [3.05, 3.63) is 52.4 Å². The van der Waals surface area contributed by atoms with Gasteiger partial charge in [0.15, 0.2) is 0 Å². The summed E-state index contributed by atoms with van der Waals surface area (Å²) < 4.78 is 0. The van der Waals surface area contributed by atoms with E-state index in [-0.39, 0.29) is 23.7 Å². The Morgan fingerprint density at radius 3 is 2.37 bits per heavy atom. The smallest absolute Gasteiger partial charge is 0.306 e. The average molecular weight is 429 g/mol. The zero-order chi connectivity index (χ0) is 21.5. The molecule has 0 saturated heterocycles. The fourth-order valence-electron chi connectivity index (χ4n) is 3.75. The van der Waals surface area contributed by atoms with E-state index in [0.717, 1.165) is 23.3 Å². The number of hydrogen-bond acceptors (Lipinski definition) is 4. The molecule has 1 aromatic heterocycles. The molecule has 3 N–H and O–H groups in total. The van der Waals surface area contributed by atoms with Crippen LogP contribution in [0.15, 0.2) is 36.4 Å². The second-order valence-electron chi connectivity index (χ2n) is 7.68. The molecular formula is C23H28N2O4S. The van der Waals surface area contributed by atoms with Gasteiger partial charge in [0.1, 0.15) is 5.00 Å². The minimum absolute atomic E-state index is 0.123. The molecule has 3 rings (SSSR count). The van der Waals surface area contributed by atoms with Crippen molar-refractivity contribution in [2.45, 2.75) is 45.4 Å². The topological polar surface area (TPSA) is 95.5 Å². The number of amides is 2. The number of aliphatic carboxylic acids is 1. The Bertz CT molecular complexity index is 886. The Hall–Kier alpha value is -2.67. The van der Waals surface area contributed by atoms with Gasteiger partial charge in [-0.2, -0.15) is 0 Å². The summed E-state index contributed by atoms with van der Waals surface area (Å²) in [7, 11) is 0. The summed E-state index contributed by atoms with van der Waals surface area (Å²) in [6, 6.07) is 11.8. The maximum atomic E-state index is 12.7. The van der Waals surface area contributed by atoms with Gasteiger partial charge >= 0.3 is 5.97 Å². The number of carbonyl (C=O) groups excluding carboxylic acids is 2. The number of thiophene rings is 1. The van der Waals surface area contributed by atoms with Crippen molar-refractivity contribution in [3.63, 3.8) is 0 Å². The predicted octanol–water partition coefficient (Wildman–Crippen LogP) is 4.11. The molecule has 2 amide bonds. The number of hydrogen-bond donors (Lipinski definition) is 3. The first kappa shape index (κ1) is 22.0.